The third kappa shape index (κ3) is 6.47. The SMILES string of the molecule is CCN1CCN(c2ccc(NC(=O)Cc3csc(COc4ccc(Cl)cc4)n3)cc2C)CC1. The molecule has 0 aliphatic carbocycles. The Morgan fingerprint density at radius 1 is 1.15 bits per heavy atom. The second-order valence-electron chi connectivity index (χ2n) is 8.12. The van der Waals surface area contributed by atoms with Crippen LogP contribution in [0.2, 0.25) is 5.02 Å². The van der Waals surface area contributed by atoms with E-state index in [1.807, 2.05) is 29.6 Å². The zero-order chi connectivity index (χ0) is 23.2. The lowest BCUT2D eigenvalue weighted by Gasteiger charge is -2.36. The van der Waals surface area contributed by atoms with Crippen molar-refractivity contribution in [3.8, 4) is 5.75 Å². The summed E-state index contributed by atoms with van der Waals surface area (Å²) in [5.74, 6) is 0.661. The van der Waals surface area contributed by atoms with E-state index in [0.717, 1.165) is 54.9 Å². The summed E-state index contributed by atoms with van der Waals surface area (Å²) >= 11 is 7.38. The number of carbonyl (C=O) groups is 1. The molecule has 174 valence electrons. The normalized spacial score (nSPS) is 14.3. The summed E-state index contributed by atoms with van der Waals surface area (Å²) in [6.45, 7) is 10.0. The molecule has 33 heavy (non-hydrogen) atoms. The number of benzene rings is 2. The fourth-order valence-electron chi connectivity index (χ4n) is 3.94. The van der Waals surface area contributed by atoms with Crippen molar-refractivity contribution in [3.63, 3.8) is 0 Å². The van der Waals surface area contributed by atoms with Crippen molar-refractivity contribution in [2.75, 3.05) is 42.9 Å². The highest BCUT2D eigenvalue weighted by molar-refractivity contribution is 7.09. The first-order chi connectivity index (χ1) is 16.0. The molecule has 6 nitrogen and oxygen atoms in total. The van der Waals surface area contributed by atoms with Gasteiger partial charge < -0.3 is 19.9 Å². The lowest BCUT2D eigenvalue weighted by molar-refractivity contribution is -0.115. The number of anilines is 2. The number of amides is 1. The number of aryl methyl sites for hydroxylation is 1. The molecular formula is C25H29ClN4O2S. The molecule has 8 heteroatoms. The van der Waals surface area contributed by atoms with Crippen LogP contribution in [0.1, 0.15) is 23.2 Å². The van der Waals surface area contributed by atoms with Gasteiger partial charge in [-0.2, -0.15) is 0 Å². The van der Waals surface area contributed by atoms with Gasteiger partial charge in [0.15, 0.2) is 0 Å². The van der Waals surface area contributed by atoms with E-state index < -0.39 is 0 Å². The molecule has 0 bridgehead atoms. The van der Waals surface area contributed by atoms with Crippen molar-refractivity contribution in [3.05, 3.63) is 69.1 Å². The zero-order valence-electron chi connectivity index (χ0n) is 19.0. The molecule has 0 unspecified atom stereocenters. The Kier molecular flexibility index (Phi) is 7.85. The van der Waals surface area contributed by atoms with Crippen molar-refractivity contribution in [2.45, 2.75) is 26.9 Å². The van der Waals surface area contributed by atoms with E-state index in [1.165, 1.54) is 22.6 Å². The summed E-state index contributed by atoms with van der Waals surface area (Å²) in [6.07, 6.45) is 0.233. The Hall–Kier alpha value is -2.61. The first-order valence-electron chi connectivity index (χ1n) is 11.2. The van der Waals surface area contributed by atoms with Crippen molar-refractivity contribution in [1.82, 2.24) is 9.88 Å². The minimum Gasteiger partial charge on any atom is -0.486 e. The van der Waals surface area contributed by atoms with Crippen LogP contribution in [0.5, 0.6) is 5.75 Å². The Bertz CT molecular complexity index is 1080. The van der Waals surface area contributed by atoms with Crippen LogP contribution in [0, 0.1) is 6.92 Å². The van der Waals surface area contributed by atoms with Crippen LogP contribution < -0.4 is 15.0 Å². The molecule has 1 fully saturated rings. The van der Waals surface area contributed by atoms with Gasteiger partial charge in [0, 0.05) is 48.0 Å². The summed E-state index contributed by atoms with van der Waals surface area (Å²) < 4.78 is 5.73. The smallest absolute Gasteiger partial charge is 0.230 e. The van der Waals surface area contributed by atoms with E-state index in [2.05, 4.69) is 40.0 Å². The molecule has 0 atom stereocenters. The number of likely N-dealkylation sites (N-methyl/N-ethyl adjacent to an activating group) is 1. The molecule has 1 aromatic heterocycles. The van der Waals surface area contributed by atoms with Crippen LogP contribution in [0.15, 0.2) is 47.8 Å². The highest BCUT2D eigenvalue weighted by Crippen LogP contribution is 2.25. The van der Waals surface area contributed by atoms with Gasteiger partial charge in [-0.05, 0) is 61.5 Å². The monoisotopic (exact) mass is 484 g/mol. The van der Waals surface area contributed by atoms with Gasteiger partial charge in [-0.3, -0.25) is 4.79 Å². The summed E-state index contributed by atoms with van der Waals surface area (Å²) in [7, 11) is 0. The molecular weight excluding hydrogens is 456 g/mol. The summed E-state index contributed by atoms with van der Waals surface area (Å²) in [6, 6.07) is 13.4. The van der Waals surface area contributed by atoms with Crippen molar-refractivity contribution in [2.24, 2.45) is 0 Å². The zero-order valence-corrected chi connectivity index (χ0v) is 20.6. The number of rotatable bonds is 8. The molecule has 4 rings (SSSR count). The number of hydrogen-bond acceptors (Lipinski definition) is 6. The second-order valence-corrected chi connectivity index (χ2v) is 9.50. The van der Waals surface area contributed by atoms with Gasteiger partial charge in [0.2, 0.25) is 5.91 Å². The first-order valence-corrected chi connectivity index (χ1v) is 12.5. The lowest BCUT2D eigenvalue weighted by Crippen LogP contribution is -2.46. The van der Waals surface area contributed by atoms with Gasteiger partial charge in [0.1, 0.15) is 17.4 Å². The maximum absolute atomic E-state index is 12.6. The molecule has 3 aromatic rings. The summed E-state index contributed by atoms with van der Waals surface area (Å²) in [4.78, 5) is 22.0. The molecule has 2 heterocycles. The Morgan fingerprint density at radius 2 is 1.91 bits per heavy atom. The van der Waals surface area contributed by atoms with E-state index in [-0.39, 0.29) is 12.3 Å². The molecule has 2 aromatic carbocycles. The highest BCUT2D eigenvalue weighted by atomic mass is 35.5. The van der Waals surface area contributed by atoms with E-state index in [0.29, 0.717) is 11.6 Å². The quantitative estimate of drug-likeness (QED) is 0.487. The standard InChI is InChI=1S/C25H29ClN4O2S/c1-3-29-10-12-30(13-11-29)23-9-6-20(14-18(23)2)27-24(31)15-21-17-33-25(28-21)16-32-22-7-4-19(26)5-8-22/h4-9,14,17H,3,10-13,15-16H2,1-2H3,(H,27,31). The summed E-state index contributed by atoms with van der Waals surface area (Å²) in [5, 5.41) is 6.41. The van der Waals surface area contributed by atoms with Crippen molar-refractivity contribution < 1.29 is 9.53 Å². The topological polar surface area (TPSA) is 57.7 Å². The van der Waals surface area contributed by atoms with Gasteiger partial charge in [-0.15, -0.1) is 11.3 Å². The molecule has 1 aliphatic heterocycles. The van der Waals surface area contributed by atoms with E-state index in [9.17, 15) is 4.79 Å². The van der Waals surface area contributed by atoms with Gasteiger partial charge in [-0.25, -0.2) is 4.98 Å². The number of carbonyl (C=O) groups excluding carboxylic acids is 1. The highest BCUT2D eigenvalue weighted by Gasteiger charge is 2.17. The molecule has 1 aliphatic rings. The average molecular weight is 485 g/mol. The van der Waals surface area contributed by atoms with Gasteiger partial charge >= 0.3 is 0 Å². The van der Waals surface area contributed by atoms with Crippen molar-refractivity contribution in [1.29, 1.82) is 0 Å². The number of halogens is 1. The minimum absolute atomic E-state index is 0.0748. The average Bonchev–Trinajstić information content (AvgIpc) is 3.26. The third-order valence-corrected chi connectivity index (χ3v) is 6.88. The van der Waals surface area contributed by atoms with Crippen LogP contribution in [0.4, 0.5) is 11.4 Å². The number of aromatic nitrogens is 1. The van der Waals surface area contributed by atoms with Crippen LogP contribution in [0.25, 0.3) is 0 Å². The number of ether oxygens (including phenoxy) is 1. The van der Waals surface area contributed by atoms with Crippen molar-refractivity contribution >= 4 is 40.2 Å². The summed E-state index contributed by atoms with van der Waals surface area (Å²) in [5.41, 5.74) is 3.98. The number of nitrogens with zero attached hydrogens (tertiary/aromatic N) is 3. The second kappa shape index (κ2) is 11.0. The largest absolute Gasteiger partial charge is 0.486 e. The minimum atomic E-state index is -0.0748. The third-order valence-electron chi connectivity index (χ3n) is 5.76. The lowest BCUT2D eigenvalue weighted by atomic mass is 10.1. The molecule has 1 saturated heterocycles. The number of thiazole rings is 1. The Balaban J connectivity index is 1.28. The van der Waals surface area contributed by atoms with Crippen LogP contribution >= 0.6 is 22.9 Å². The van der Waals surface area contributed by atoms with Crippen LogP contribution in [-0.4, -0.2) is 48.5 Å². The number of nitrogens with one attached hydrogen (secondary N) is 1. The van der Waals surface area contributed by atoms with E-state index >= 15 is 0 Å². The molecule has 0 radical (unpaired) electrons. The molecule has 1 N–H and O–H groups in total. The molecule has 0 saturated carbocycles. The van der Waals surface area contributed by atoms with Gasteiger partial charge in [-0.1, -0.05) is 18.5 Å². The van der Waals surface area contributed by atoms with Gasteiger partial charge in [0.25, 0.3) is 0 Å². The fraction of sp³-hybridized carbons (Fsp3) is 0.360. The predicted octanol–water partition coefficient (Wildman–Crippen LogP) is 5.01. The maximum Gasteiger partial charge on any atom is 0.230 e. The number of piperazine rings is 1. The van der Waals surface area contributed by atoms with Gasteiger partial charge in [0.05, 0.1) is 12.1 Å². The van der Waals surface area contributed by atoms with E-state index in [4.69, 9.17) is 16.3 Å². The maximum atomic E-state index is 12.6. The Labute approximate surface area is 204 Å². The molecule has 1 amide bonds. The molecule has 0 spiro atoms. The number of hydrogen-bond donors (Lipinski definition) is 1. The van der Waals surface area contributed by atoms with Crippen LogP contribution in [-0.2, 0) is 17.8 Å². The van der Waals surface area contributed by atoms with Crippen LogP contribution in [0.3, 0.4) is 0 Å². The first kappa shape index (κ1) is 23.5. The van der Waals surface area contributed by atoms with E-state index in [1.54, 1.807) is 12.1 Å². The Morgan fingerprint density at radius 3 is 2.61 bits per heavy atom. The predicted molar refractivity (Wildman–Crippen MR) is 136 cm³/mol. The fourth-order valence-corrected chi connectivity index (χ4v) is 4.77.